The third-order valence-corrected chi connectivity index (χ3v) is 9.38. The molecule has 5 rings (SSSR count). The van der Waals surface area contributed by atoms with Crippen LogP contribution >= 0.6 is 0 Å². The van der Waals surface area contributed by atoms with Gasteiger partial charge in [-0.3, -0.25) is 4.79 Å². The molecular weight excluding hydrogens is 465 g/mol. The van der Waals surface area contributed by atoms with Crippen LogP contribution in [0.5, 0.6) is 0 Å². The highest BCUT2D eigenvalue weighted by Gasteiger charge is 2.79. The number of alkyl halides is 5. The minimum atomic E-state index is -5.84. The Kier molecular flexibility index (Phi) is 5.61. The van der Waals surface area contributed by atoms with Crippen LogP contribution in [0, 0.1) is 17.3 Å². The molecule has 3 nitrogen and oxygen atoms in total. The van der Waals surface area contributed by atoms with Gasteiger partial charge in [-0.15, -0.1) is 0 Å². The van der Waals surface area contributed by atoms with Crippen molar-refractivity contribution in [2.75, 3.05) is 0 Å². The fraction of sp³-hybridized carbons (Fsp3) is 0.593. The molecule has 4 aliphatic carbocycles. The maximum absolute atomic E-state index is 15.0. The summed E-state index contributed by atoms with van der Waals surface area (Å²) in [6, 6.07) is 7.42. The Hall–Kier alpha value is -2.06. The summed E-state index contributed by atoms with van der Waals surface area (Å²) in [5.41, 5.74) is 5.71. The van der Waals surface area contributed by atoms with E-state index in [9.17, 15) is 31.9 Å². The zero-order valence-corrected chi connectivity index (χ0v) is 19.6. The summed E-state index contributed by atoms with van der Waals surface area (Å²) in [6.45, 7) is 1.76. The second-order valence-corrected chi connectivity index (χ2v) is 10.9. The standard InChI is InChI=1S/C27H30F5NO2/c1-24-13-21(16-4-2-15(14-33)3-5-16)23-19-9-7-18(34)12-17(19)6-8-20(23)22(24)10-11-25(24,35)26(28,29)27(30,31)32/h2-5,12,20-22,35H,6-11,13-14,33H2,1H3/t20-,21+,22-,24-,25-/m0/s1. The van der Waals surface area contributed by atoms with Gasteiger partial charge < -0.3 is 10.8 Å². The van der Waals surface area contributed by atoms with Gasteiger partial charge in [-0.1, -0.05) is 36.8 Å². The molecule has 0 bridgehead atoms. The molecule has 190 valence electrons. The second kappa shape index (κ2) is 7.97. The van der Waals surface area contributed by atoms with E-state index in [0.717, 1.165) is 27.8 Å². The summed E-state index contributed by atoms with van der Waals surface area (Å²) >= 11 is 0. The Morgan fingerprint density at radius 1 is 1.06 bits per heavy atom. The number of carbonyl (C=O) groups excluding carboxylic acids is 1. The molecule has 1 aromatic rings. The second-order valence-electron chi connectivity index (χ2n) is 10.9. The van der Waals surface area contributed by atoms with Gasteiger partial charge in [0.05, 0.1) is 0 Å². The van der Waals surface area contributed by atoms with Crippen molar-refractivity contribution in [3.8, 4) is 0 Å². The monoisotopic (exact) mass is 495 g/mol. The molecule has 0 heterocycles. The Bertz CT molecular complexity index is 1110. The fourth-order valence-corrected chi connectivity index (χ4v) is 7.60. The van der Waals surface area contributed by atoms with E-state index in [2.05, 4.69) is 0 Å². The minimum absolute atomic E-state index is 0.0155. The molecule has 2 saturated carbocycles. The predicted octanol–water partition coefficient (Wildman–Crippen LogP) is 5.97. The number of ketones is 1. The Labute approximate surface area is 201 Å². The van der Waals surface area contributed by atoms with Crippen molar-refractivity contribution < 1.29 is 31.9 Å². The first-order valence-corrected chi connectivity index (χ1v) is 12.3. The van der Waals surface area contributed by atoms with Gasteiger partial charge in [-0.2, -0.15) is 22.0 Å². The van der Waals surface area contributed by atoms with Gasteiger partial charge in [0.1, 0.15) is 5.60 Å². The lowest BCUT2D eigenvalue weighted by molar-refractivity contribution is -0.362. The SMILES string of the molecule is C[C@]12C[C@H](c3ccc(CN)cc3)C3=C4CCC(=O)C=C4CC[C@H]3[C@@H]1CC[C@@]2(O)C(F)(F)C(F)(F)F. The molecule has 3 N–H and O–H groups in total. The van der Waals surface area contributed by atoms with Gasteiger partial charge in [0, 0.05) is 24.3 Å². The number of allylic oxidation sites excluding steroid dienone is 4. The summed E-state index contributed by atoms with van der Waals surface area (Å²) in [4.78, 5) is 12.1. The molecule has 0 aliphatic heterocycles. The lowest BCUT2D eigenvalue weighted by atomic mass is 9.50. The lowest BCUT2D eigenvalue weighted by Gasteiger charge is -2.56. The van der Waals surface area contributed by atoms with Crippen LogP contribution in [-0.2, 0) is 11.3 Å². The first-order chi connectivity index (χ1) is 16.3. The van der Waals surface area contributed by atoms with Crippen LogP contribution in [-0.4, -0.2) is 28.6 Å². The number of hydrogen-bond donors (Lipinski definition) is 2. The number of halogens is 5. The van der Waals surface area contributed by atoms with Crippen molar-refractivity contribution in [2.45, 2.75) is 82.0 Å². The van der Waals surface area contributed by atoms with Crippen molar-refractivity contribution in [3.05, 3.63) is 58.2 Å². The molecule has 1 aromatic carbocycles. The highest BCUT2D eigenvalue weighted by atomic mass is 19.4. The van der Waals surface area contributed by atoms with Gasteiger partial charge in [-0.05, 0) is 78.7 Å². The van der Waals surface area contributed by atoms with Crippen molar-refractivity contribution in [1.29, 1.82) is 0 Å². The van der Waals surface area contributed by atoms with Crippen LogP contribution in [0.25, 0.3) is 0 Å². The van der Waals surface area contributed by atoms with Crippen LogP contribution in [0.2, 0.25) is 0 Å². The molecule has 0 aromatic heterocycles. The third-order valence-electron chi connectivity index (χ3n) is 9.38. The zero-order valence-electron chi connectivity index (χ0n) is 19.6. The Morgan fingerprint density at radius 2 is 1.74 bits per heavy atom. The molecule has 2 fully saturated rings. The number of hydrogen-bond acceptors (Lipinski definition) is 3. The van der Waals surface area contributed by atoms with Gasteiger partial charge >= 0.3 is 12.1 Å². The maximum Gasteiger partial charge on any atom is 0.456 e. The molecule has 8 heteroatoms. The van der Waals surface area contributed by atoms with Crippen LogP contribution in [0.4, 0.5) is 22.0 Å². The van der Waals surface area contributed by atoms with E-state index in [1.807, 2.05) is 24.3 Å². The van der Waals surface area contributed by atoms with E-state index in [-0.39, 0.29) is 24.5 Å². The predicted molar refractivity (Wildman–Crippen MR) is 121 cm³/mol. The minimum Gasteiger partial charge on any atom is -0.383 e. The lowest BCUT2D eigenvalue weighted by Crippen LogP contribution is -2.65. The maximum atomic E-state index is 15.0. The molecule has 0 saturated heterocycles. The largest absolute Gasteiger partial charge is 0.456 e. The summed E-state index contributed by atoms with van der Waals surface area (Å²) in [5, 5.41) is 11.3. The topological polar surface area (TPSA) is 63.3 Å². The van der Waals surface area contributed by atoms with Crippen LogP contribution in [0.3, 0.4) is 0 Å². The number of fused-ring (bicyclic) bond motifs is 4. The van der Waals surface area contributed by atoms with Crippen LogP contribution in [0.15, 0.2) is 47.1 Å². The fourth-order valence-electron chi connectivity index (χ4n) is 7.60. The van der Waals surface area contributed by atoms with E-state index >= 15 is 0 Å². The van der Waals surface area contributed by atoms with E-state index in [4.69, 9.17) is 5.73 Å². The number of nitrogens with two attached hydrogens (primary N) is 1. The van der Waals surface area contributed by atoms with E-state index in [1.165, 1.54) is 6.92 Å². The van der Waals surface area contributed by atoms with E-state index < -0.39 is 41.4 Å². The van der Waals surface area contributed by atoms with Gasteiger partial charge in [-0.25, -0.2) is 0 Å². The summed E-state index contributed by atoms with van der Waals surface area (Å²) in [5.74, 6) is -6.30. The van der Waals surface area contributed by atoms with Gasteiger partial charge in [0.15, 0.2) is 5.78 Å². The highest BCUT2D eigenvalue weighted by Crippen LogP contribution is 2.70. The number of carbonyl (C=O) groups is 1. The van der Waals surface area contributed by atoms with E-state index in [0.29, 0.717) is 32.2 Å². The first kappa shape index (κ1) is 24.6. The van der Waals surface area contributed by atoms with Crippen molar-refractivity contribution >= 4 is 5.78 Å². The van der Waals surface area contributed by atoms with E-state index in [1.54, 1.807) is 6.08 Å². The number of aliphatic hydroxyl groups is 1. The molecule has 5 atom stereocenters. The van der Waals surface area contributed by atoms with Crippen LogP contribution in [0.1, 0.15) is 68.9 Å². The Morgan fingerprint density at radius 3 is 2.37 bits per heavy atom. The van der Waals surface area contributed by atoms with Crippen molar-refractivity contribution in [3.63, 3.8) is 0 Å². The molecular formula is C27H30F5NO2. The van der Waals surface area contributed by atoms with Crippen molar-refractivity contribution in [2.24, 2.45) is 23.0 Å². The molecule has 0 radical (unpaired) electrons. The molecule has 0 amide bonds. The van der Waals surface area contributed by atoms with Gasteiger partial charge in [0.2, 0.25) is 0 Å². The normalized spacial score (nSPS) is 35.4. The quantitative estimate of drug-likeness (QED) is 0.508. The number of benzene rings is 1. The molecule has 35 heavy (non-hydrogen) atoms. The number of rotatable bonds is 3. The Balaban J connectivity index is 1.68. The average Bonchev–Trinajstić information content (AvgIpc) is 3.09. The summed E-state index contributed by atoms with van der Waals surface area (Å²) < 4.78 is 70.7. The van der Waals surface area contributed by atoms with Gasteiger partial charge in [0.25, 0.3) is 0 Å². The van der Waals surface area contributed by atoms with Crippen molar-refractivity contribution in [1.82, 2.24) is 0 Å². The smallest absolute Gasteiger partial charge is 0.383 e. The highest BCUT2D eigenvalue weighted by molar-refractivity contribution is 5.93. The zero-order chi connectivity index (χ0) is 25.4. The average molecular weight is 496 g/mol. The molecule has 0 spiro atoms. The van der Waals surface area contributed by atoms with Crippen LogP contribution < -0.4 is 5.73 Å². The molecule has 4 aliphatic rings. The third kappa shape index (κ3) is 3.39. The molecule has 0 unspecified atom stereocenters. The summed E-state index contributed by atoms with van der Waals surface area (Å²) in [6.07, 6.45) is -2.59. The summed E-state index contributed by atoms with van der Waals surface area (Å²) in [7, 11) is 0. The first-order valence-electron chi connectivity index (χ1n) is 12.3.